The molecule has 0 atom stereocenters. The summed E-state index contributed by atoms with van der Waals surface area (Å²) in [4.78, 5) is 11.3. The Morgan fingerprint density at radius 2 is 2.00 bits per heavy atom. The molecule has 0 saturated heterocycles. The lowest BCUT2D eigenvalue weighted by Crippen LogP contribution is -2.30. The fourth-order valence-electron chi connectivity index (χ4n) is 2.14. The first-order chi connectivity index (χ1) is 10.8. The molecule has 0 aliphatic carbocycles. The van der Waals surface area contributed by atoms with Crippen molar-refractivity contribution in [3.8, 4) is 0 Å². The third-order valence-corrected chi connectivity index (χ3v) is 3.98. The maximum absolute atomic E-state index is 13.5. The van der Waals surface area contributed by atoms with Crippen molar-refractivity contribution in [2.24, 2.45) is 5.73 Å². The minimum Gasteiger partial charge on any atom is -0.365 e. The Balaban J connectivity index is 2.53. The molecule has 0 fully saturated rings. The van der Waals surface area contributed by atoms with E-state index < -0.39 is 22.4 Å². The molecular formula is C14H13ClFN3O3S. The van der Waals surface area contributed by atoms with Crippen molar-refractivity contribution in [2.75, 3.05) is 0 Å². The van der Waals surface area contributed by atoms with Crippen LogP contribution in [0.1, 0.15) is 21.5 Å². The Morgan fingerprint density at radius 3 is 2.61 bits per heavy atom. The molecular weight excluding hydrogens is 345 g/mol. The molecule has 23 heavy (non-hydrogen) atoms. The molecule has 9 heteroatoms. The smallest absolute Gasteiger partial charge is 0.252 e. The summed E-state index contributed by atoms with van der Waals surface area (Å²) in [6, 6.07) is 4.99. The molecule has 0 saturated carbocycles. The van der Waals surface area contributed by atoms with Crippen LogP contribution in [0.2, 0.25) is 5.02 Å². The first-order valence-corrected chi connectivity index (χ1v) is 8.15. The van der Waals surface area contributed by atoms with E-state index in [2.05, 4.69) is 0 Å². The minimum absolute atomic E-state index is 0.0179. The summed E-state index contributed by atoms with van der Waals surface area (Å²) >= 11 is 5.90. The fraction of sp³-hybridized carbons (Fsp3) is 0.143. The van der Waals surface area contributed by atoms with E-state index in [-0.39, 0.29) is 28.4 Å². The Morgan fingerprint density at radius 1 is 1.30 bits per heavy atom. The third-order valence-electron chi connectivity index (χ3n) is 3.18. The van der Waals surface area contributed by atoms with E-state index in [9.17, 15) is 17.6 Å². The van der Waals surface area contributed by atoms with Crippen LogP contribution in [0, 0.1) is 11.2 Å². The van der Waals surface area contributed by atoms with Crippen molar-refractivity contribution in [3.05, 3.63) is 63.5 Å². The molecule has 0 bridgehead atoms. The lowest BCUT2D eigenvalue weighted by atomic mass is 10.1. The van der Waals surface area contributed by atoms with Crippen molar-refractivity contribution < 1.29 is 17.6 Å². The average Bonchev–Trinajstić information content (AvgIpc) is 2.44. The standard InChI is InChI=1S/C14H13ClFN3O3S/c15-10-4-12(14(18)20)13(17)19(6-10)5-9-3-11(16)2-1-8(9)7-23(21)22/h1-4,6,17,23H,5,7H2,(H2,18,20). The van der Waals surface area contributed by atoms with Gasteiger partial charge in [-0.15, -0.1) is 0 Å². The van der Waals surface area contributed by atoms with E-state index in [1.807, 2.05) is 0 Å². The third kappa shape index (κ3) is 4.17. The lowest BCUT2D eigenvalue weighted by molar-refractivity contribution is 0.0997. The molecule has 0 unspecified atom stereocenters. The van der Waals surface area contributed by atoms with Gasteiger partial charge in [-0.05, 0) is 29.3 Å². The summed E-state index contributed by atoms with van der Waals surface area (Å²) in [6.07, 6.45) is 1.39. The largest absolute Gasteiger partial charge is 0.365 e. The average molecular weight is 358 g/mol. The van der Waals surface area contributed by atoms with Gasteiger partial charge in [0.15, 0.2) is 0 Å². The number of pyridine rings is 1. The van der Waals surface area contributed by atoms with Crippen molar-refractivity contribution in [3.63, 3.8) is 0 Å². The molecule has 0 aliphatic rings. The van der Waals surface area contributed by atoms with Crippen LogP contribution in [0.15, 0.2) is 30.5 Å². The summed E-state index contributed by atoms with van der Waals surface area (Å²) in [6.45, 7) is -0.0179. The molecule has 0 aliphatic heterocycles. The van der Waals surface area contributed by atoms with E-state index >= 15 is 0 Å². The van der Waals surface area contributed by atoms with Gasteiger partial charge in [-0.2, -0.15) is 0 Å². The Labute approximate surface area is 137 Å². The number of benzene rings is 1. The summed E-state index contributed by atoms with van der Waals surface area (Å²) < 4.78 is 36.7. The van der Waals surface area contributed by atoms with Gasteiger partial charge in [0.2, 0.25) is 0 Å². The number of nitrogens with two attached hydrogens (primary N) is 1. The number of carbonyl (C=O) groups is 1. The summed E-state index contributed by atoms with van der Waals surface area (Å²) in [5.74, 6) is -1.59. The molecule has 1 aromatic carbocycles. The highest BCUT2D eigenvalue weighted by Crippen LogP contribution is 2.15. The predicted molar refractivity (Wildman–Crippen MR) is 83.3 cm³/mol. The molecule has 2 rings (SSSR count). The zero-order valence-corrected chi connectivity index (χ0v) is 13.4. The van der Waals surface area contributed by atoms with Crippen molar-refractivity contribution in [1.29, 1.82) is 5.41 Å². The van der Waals surface area contributed by atoms with Crippen LogP contribution >= 0.6 is 11.6 Å². The van der Waals surface area contributed by atoms with Gasteiger partial charge in [-0.25, -0.2) is 12.8 Å². The highest BCUT2D eigenvalue weighted by atomic mass is 35.5. The second kappa shape index (κ2) is 6.93. The van der Waals surface area contributed by atoms with Gasteiger partial charge in [0.1, 0.15) is 22.0 Å². The number of hydrogen-bond donors (Lipinski definition) is 3. The summed E-state index contributed by atoms with van der Waals surface area (Å²) in [5.41, 5.74) is 5.71. The molecule has 1 amide bonds. The number of amides is 1. The quantitative estimate of drug-likeness (QED) is 0.695. The normalized spacial score (nSPS) is 10.9. The van der Waals surface area contributed by atoms with E-state index in [1.165, 1.54) is 29.0 Å². The number of thiol groups is 1. The van der Waals surface area contributed by atoms with Crippen LogP contribution in [-0.4, -0.2) is 18.9 Å². The number of hydrogen-bond acceptors (Lipinski definition) is 4. The number of nitrogens with zero attached hydrogens (tertiary/aromatic N) is 1. The Hall–Kier alpha value is -2.19. The van der Waals surface area contributed by atoms with E-state index in [0.717, 1.165) is 6.07 Å². The maximum atomic E-state index is 13.5. The molecule has 1 heterocycles. The molecule has 6 nitrogen and oxygen atoms in total. The number of nitrogens with one attached hydrogen (secondary N) is 1. The Kier molecular flexibility index (Phi) is 5.17. The van der Waals surface area contributed by atoms with Crippen LogP contribution < -0.4 is 11.2 Å². The van der Waals surface area contributed by atoms with Gasteiger partial charge in [0.05, 0.1) is 16.3 Å². The van der Waals surface area contributed by atoms with Crippen LogP contribution in [0.4, 0.5) is 4.39 Å². The molecule has 3 N–H and O–H groups in total. The number of carbonyl (C=O) groups excluding carboxylic acids is 1. The fourth-order valence-corrected chi connectivity index (χ4v) is 2.96. The zero-order chi connectivity index (χ0) is 17.1. The van der Waals surface area contributed by atoms with Crippen molar-refractivity contribution in [1.82, 2.24) is 4.57 Å². The van der Waals surface area contributed by atoms with Gasteiger partial charge in [-0.1, -0.05) is 17.7 Å². The van der Waals surface area contributed by atoms with Crippen LogP contribution in [0.3, 0.4) is 0 Å². The van der Waals surface area contributed by atoms with Gasteiger partial charge >= 0.3 is 0 Å². The predicted octanol–water partition coefficient (Wildman–Crippen LogP) is 1.02. The van der Waals surface area contributed by atoms with Crippen molar-refractivity contribution in [2.45, 2.75) is 12.3 Å². The monoisotopic (exact) mass is 357 g/mol. The zero-order valence-electron chi connectivity index (χ0n) is 11.8. The van der Waals surface area contributed by atoms with E-state index in [0.29, 0.717) is 11.1 Å². The van der Waals surface area contributed by atoms with Gasteiger partial charge in [0.25, 0.3) is 5.91 Å². The highest BCUT2D eigenvalue weighted by Gasteiger charge is 2.11. The summed E-state index contributed by atoms with van der Waals surface area (Å²) in [5, 5.41) is 8.16. The number of rotatable bonds is 5. The van der Waals surface area contributed by atoms with Crippen LogP contribution in [0.5, 0.6) is 0 Å². The maximum Gasteiger partial charge on any atom is 0.252 e. The van der Waals surface area contributed by atoms with E-state index in [4.69, 9.17) is 22.7 Å². The molecule has 122 valence electrons. The van der Waals surface area contributed by atoms with Crippen LogP contribution in [-0.2, 0) is 23.0 Å². The molecule has 0 spiro atoms. The first kappa shape index (κ1) is 17.2. The van der Waals surface area contributed by atoms with Gasteiger partial charge < -0.3 is 10.3 Å². The Bertz CT molecular complexity index is 901. The highest BCUT2D eigenvalue weighted by molar-refractivity contribution is 7.71. The van der Waals surface area contributed by atoms with E-state index in [1.54, 1.807) is 0 Å². The van der Waals surface area contributed by atoms with Crippen molar-refractivity contribution >= 4 is 28.2 Å². The SMILES string of the molecule is N=c1c(C(N)=O)cc(Cl)cn1Cc1cc(F)ccc1C[SH](=O)=O. The number of primary amides is 1. The number of aromatic nitrogens is 1. The second-order valence-electron chi connectivity index (χ2n) is 4.82. The van der Waals surface area contributed by atoms with Gasteiger partial charge in [0, 0.05) is 12.7 Å². The van der Waals surface area contributed by atoms with Crippen LogP contribution in [0.25, 0.3) is 0 Å². The molecule has 2 aromatic rings. The number of halogens is 2. The molecule has 1 aromatic heterocycles. The molecule has 0 radical (unpaired) electrons. The summed E-state index contributed by atoms with van der Waals surface area (Å²) in [7, 11) is -2.69. The van der Waals surface area contributed by atoms with Gasteiger partial charge in [-0.3, -0.25) is 10.2 Å². The topological polar surface area (TPSA) is 106 Å². The lowest BCUT2D eigenvalue weighted by Gasteiger charge is -2.13. The minimum atomic E-state index is -2.69. The second-order valence-corrected chi connectivity index (χ2v) is 6.23. The first-order valence-electron chi connectivity index (χ1n) is 6.41.